The van der Waals surface area contributed by atoms with E-state index in [0.29, 0.717) is 28.3 Å². The number of nitrogens with zero attached hydrogens (tertiary/aromatic N) is 2. The monoisotopic (exact) mass is 468 g/mol. The van der Waals surface area contributed by atoms with Crippen LogP contribution in [-0.4, -0.2) is 16.0 Å². The molecule has 2 N–H and O–H groups in total. The Morgan fingerprint density at radius 1 is 1.06 bits per heavy atom. The third-order valence-corrected chi connectivity index (χ3v) is 6.86. The van der Waals surface area contributed by atoms with E-state index in [2.05, 4.69) is 20.0 Å². The maximum atomic E-state index is 14.8. The number of benzene rings is 2. The average Bonchev–Trinajstić information content (AvgIpc) is 2.80. The second kappa shape index (κ2) is 10.8. The van der Waals surface area contributed by atoms with Crippen molar-refractivity contribution in [1.29, 1.82) is 0 Å². The molecule has 1 heterocycles. The first-order chi connectivity index (χ1) is 15.6. The summed E-state index contributed by atoms with van der Waals surface area (Å²) in [6.07, 6.45) is 13.3. The zero-order valence-electron chi connectivity index (χ0n) is 17.9. The average molecular weight is 469 g/mol. The van der Waals surface area contributed by atoms with Crippen LogP contribution in [0, 0.1) is 12.7 Å². The molecule has 1 fully saturated rings. The molecule has 1 aliphatic rings. The van der Waals surface area contributed by atoms with Crippen molar-refractivity contribution < 1.29 is 4.39 Å². The molecule has 0 saturated heterocycles. The SMILES string of the molecule is Cc1cc(NSc2ccccc2Cl)cc(F)c1/C=C/c1cnc(NC2CCCCC2)nc1. The van der Waals surface area contributed by atoms with Crippen LogP contribution >= 0.6 is 23.5 Å². The quantitative estimate of drug-likeness (QED) is 0.349. The van der Waals surface area contributed by atoms with Crippen LogP contribution in [0.3, 0.4) is 0 Å². The lowest BCUT2D eigenvalue weighted by Crippen LogP contribution is -2.23. The van der Waals surface area contributed by atoms with Crippen molar-refractivity contribution in [2.45, 2.75) is 50.0 Å². The second-order valence-electron chi connectivity index (χ2n) is 7.98. The number of anilines is 2. The summed E-state index contributed by atoms with van der Waals surface area (Å²) in [5.74, 6) is 0.364. The first-order valence-corrected chi connectivity index (χ1v) is 12.0. The Hall–Kier alpha value is -2.57. The van der Waals surface area contributed by atoms with Gasteiger partial charge in [0.2, 0.25) is 5.95 Å². The van der Waals surface area contributed by atoms with Crippen molar-refractivity contribution in [3.63, 3.8) is 0 Å². The summed E-state index contributed by atoms with van der Waals surface area (Å²) in [4.78, 5) is 9.71. The molecule has 0 radical (unpaired) electrons. The van der Waals surface area contributed by atoms with E-state index in [1.807, 2.05) is 43.3 Å². The Morgan fingerprint density at radius 2 is 1.81 bits per heavy atom. The molecule has 4 nitrogen and oxygen atoms in total. The van der Waals surface area contributed by atoms with Crippen molar-refractivity contribution in [1.82, 2.24) is 9.97 Å². The number of hydrogen-bond donors (Lipinski definition) is 2. The van der Waals surface area contributed by atoms with E-state index in [9.17, 15) is 4.39 Å². The highest BCUT2D eigenvalue weighted by atomic mass is 35.5. The molecule has 1 aliphatic carbocycles. The summed E-state index contributed by atoms with van der Waals surface area (Å²) in [7, 11) is 0. The van der Waals surface area contributed by atoms with Gasteiger partial charge in [-0.2, -0.15) is 0 Å². The van der Waals surface area contributed by atoms with E-state index in [1.54, 1.807) is 18.5 Å². The van der Waals surface area contributed by atoms with Gasteiger partial charge < -0.3 is 10.0 Å². The minimum Gasteiger partial charge on any atom is -0.351 e. The van der Waals surface area contributed by atoms with Crippen LogP contribution < -0.4 is 10.0 Å². The molecule has 1 aromatic heterocycles. The van der Waals surface area contributed by atoms with E-state index in [4.69, 9.17) is 11.6 Å². The molecule has 1 saturated carbocycles. The van der Waals surface area contributed by atoms with Crippen molar-refractivity contribution in [3.8, 4) is 0 Å². The molecule has 0 spiro atoms. The van der Waals surface area contributed by atoms with Crippen LogP contribution in [0.4, 0.5) is 16.0 Å². The highest BCUT2D eigenvalue weighted by molar-refractivity contribution is 8.00. The normalized spacial score (nSPS) is 14.6. The second-order valence-corrected chi connectivity index (χ2v) is 9.23. The van der Waals surface area contributed by atoms with Gasteiger partial charge in [0, 0.05) is 40.1 Å². The summed E-state index contributed by atoms with van der Waals surface area (Å²) in [6.45, 7) is 1.89. The molecular formula is C25H26ClFN4S. The summed E-state index contributed by atoms with van der Waals surface area (Å²) in [5.41, 5.74) is 2.89. The van der Waals surface area contributed by atoms with Gasteiger partial charge in [-0.15, -0.1) is 0 Å². The number of aryl methyl sites for hydroxylation is 1. The standard InChI is InChI=1S/C25H26ClFN4S/c1-17-13-20(31-32-24-10-6-5-9-22(24)26)14-23(27)21(17)12-11-18-15-28-25(29-16-18)30-19-7-3-2-4-8-19/h5-6,9-16,19,31H,2-4,7-8H2,1H3,(H,28,29,30)/b12-11+. The molecule has 7 heteroatoms. The zero-order valence-corrected chi connectivity index (χ0v) is 19.5. The molecule has 0 atom stereocenters. The van der Waals surface area contributed by atoms with E-state index >= 15 is 0 Å². The van der Waals surface area contributed by atoms with Gasteiger partial charge in [-0.25, -0.2) is 14.4 Å². The molecule has 2 aromatic carbocycles. The lowest BCUT2D eigenvalue weighted by Gasteiger charge is -2.22. The fourth-order valence-corrected chi connectivity index (χ4v) is 4.68. The van der Waals surface area contributed by atoms with E-state index in [1.165, 1.54) is 50.1 Å². The highest BCUT2D eigenvalue weighted by Gasteiger charge is 2.13. The maximum Gasteiger partial charge on any atom is 0.222 e. The molecule has 0 amide bonds. The van der Waals surface area contributed by atoms with Crippen molar-refractivity contribution >= 4 is 47.3 Å². The Bertz CT molecular complexity index is 1060. The summed E-state index contributed by atoms with van der Waals surface area (Å²) in [6, 6.07) is 11.4. The van der Waals surface area contributed by atoms with Gasteiger partial charge in [0.15, 0.2) is 0 Å². The van der Waals surface area contributed by atoms with Gasteiger partial charge in [0.1, 0.15) is 5.82 Å². The predicted molar refractivity (Wildman–Crippen MR) is 134 cm³/mol. The van der Waals surface area contributed by atoms with Crippen LogP contribution in [0.5, 0.6) is 0 Å². The van der Waals surface area contributed by atoms with Gasteiger partial charge in [-0.3, -0.25) is 0 Å². The van der Waals surface area contributed by atoms with Crippen molar-refractivity contribution in [2.75, 3.05) is 10.0 Å². The molecule has 4 rings (SSSR count). The third kappa shape index (κ3) is 6.02. The predicted octanol–water partition coefficient (Wildman–Crippen LogP) is 7.61. The van der Waals surface area contributed by atoms with Gasteiger partial charge in [0.25, 0.3) is 0 Å². The third-order valence-electron chi connectivity index (χ3n) is 5.50. The number of halogens is 2. The first-order valence-electron chi connectivity index (χ1n) is 10.8. The summed E-state index contributed by atoms with van der Waals surface area (Å²) < 4.78 is 17.9. The Balaban J connectivity index is 1.39. The molecule has 3 aromatic rings. The fourth-order valence-electron chi connectivity index (χ4n) is 3.77. The van der Waals surface area contributed by atoms with E-state index in [0.717, 1.165) is 16.0 Å². The Morgan fingerprint density at radius 3 is 2.53 bits per heavy atom. The minimum atomic E-state index is -0.292. The summed E-state index contributed by atoms with van der Waals surface area (Å²) in [5, 5.41) is 4.07. The van der Waals surface area contributed by atoms with Crippen LogP contribution in [0.2, 0.25) is 5.02 Å². The number of hydrogen-bond acceptors (Lipinski definition) is 5. The Kier molecular flexibility index (Phi) is 7.66. The largest absolute Gasteiger partial charge is 0.351 e. The van der Waals surface area contributed by atoms with Crippen molar-refractivity contribution in [3.05, 3.63) is 76.3 Å². The van der Waals surface area contributed by atoms with E-state index in [-0.39, 0.29) is 5.82 Å². The molecule has 0 unspecified atom stereocenters. The topological polar surface area (TPSA) is 49.8 Å². The molecule has 0 aliphatic heterocycles. The zero-order chi connectivity index (χ0) is 22.3. The van der Waals surface area contributed by atoms with Gasteiger partial charge in [-0.1, -0.05) is 55.1 Å². The van der Waals surface area contributed by atoms with Crippen LogP contribution in [0.1, 0.15) is 48.8 Å². The first kappa shape index (κ1) is 22.6. The number of aromatic nitrogens is 2. The fraction of sp³-hybridized carbons (Fsp3) is 0.280. The summed E-state index contributed by atoms with van der Waals surface area (Å²) >= 11 is 7.54. The molecular weight excluding hydrogens is 443 g/mol. The van der Waals surface area contributed by atoms with Crippen LogP contribution in [-0.2, 0) is 0 Å². The lowest BCUT2D eigenvalue weighted by molar-refractivity contribution is 0.461. The maximum absolute atomic E-state index is 14.8. The smallest absolute Gasteiger partial charge is 0.222 e. The van der Waals surface area contributed by atoms with Gasteiger partial charge >= 0.3 is 0 Å². The molecule has 0 bridgehead atoms. The van der Waals surface area contributed by atoms with Crippen molar-refractivity contribution in [2.24, 2.45) is 0 Å². The molecule has 166 valence electrons. The lowest BCUT2D eigenvalue weighted by atomic mass is 9.96. The van der Waals surface area contributed by atoms with Crippen LogP contribution in [0.25, 0.3) is 12.2 Å². The van der Waals surface area contributed by atoms with Crippen LogP contribution in [0.15, 0.2) is 53.7 Å². The number of nitrogens with one attached hydrogen (secondary N) is 2. The minimum absolute atomic E-state index is 0.292. The molecule has 32 heavy (non-hydrogen) atoms. The number of rotatable bonds is 7. The Labute approximate surface area is 197 Å². The van der Waals surface area contributed by atoms with Gasteiger partial charge in [-0.05, 0) is 61.5 Å². The highest BCUT2D eigenvalue weighted by Crippen LogP contribution is 2.30. The van der Waals surface area contributed by atoms with Gasteiger partial charge in [0.05, 0.1) is 5.02 Å². The van der Waals surface area contributed by atoms with E-state index < -0.39 is 0 Å².